The summed E-state index contributed by atoms with van der Waals surface area (Å²) < 4.78 is 11.0. The summed E-state index contributed by atoms with van der Waals surface area (Å²) in [6.45, 7) is 4.76. The van der Waals surface area contributed by atoms with E-state index in [0.29, 0.717) is 24.0 Å². The van der Waals surface area contributed by atoms with E-state index in [-0.39, 0.29) is 25.5 Å². The Morgan fingerprint density at radius 3 is 2.45 bits per heavy atom. The molecule has 1 amide bonds. The molecule has 0 saturated heterocycles. The summed E-state index contributed by atoms with van der Waals surface area (Å²) in [4.78, 5) is 23.6. The molecular formula is C16H23NO5. The molecule has 0 heterocycles. The second-order valence-electron chi connectivity index (χ2n) is 5.43. The number of carbonyl (C=O) groups excluding carboxylic acids is 1. The number of benzene rings is 1. The van der Waals surface area contributed by atoms with Crippen LogP contribution in [0.2, 0.25) is 0 Å². The maximum atomic E-state index is 11.8. The first-order valence-corrected chi connectivity index (χ1v) is 7.20. The van der Waals surface area contributed by atoms with Gasteiger partial charge in [0.2, 0.25) is 0 Å². The van der Waals surface area contributed by atoms with E-state index in [9.17, 15) is 9.59 Å². The number of carboxylic acid groups (broad SMARTS) is 1. The number of hydrogen-bond donors (Lipinski definition) is 1. The number of carbonyl (C=O) groups is 2. The number of hydrogen-bond acceptors (Lipinski definition) is 4. The zero-order valence-corrected chi connectivity index (χ0v) is 13.2. The third kappa shape index (κ3) is 6.97. The largest absolute Gasteiger partial charge is 0.493 e. The number of amides is 1. The van der Waals surface area contributed by atoms with Crippen LogP contribution in [0.5, 0.6) is 11.5 Å². The van der Waals surface area contributed by atoms with Crippen LogP contribution in [0, 0.1) is 5.92 Å². The summed E-state index contributed by atoms with van der Waals surface area (Å²) in [5.41, 5.74) is 0. The molecule has 0 aliphatic carbocycles. The number of carboxylic acids is 1. The summed E-state index contributed by atoms with van der Waals surface area (Å²) in [6.07, 6.45) is -0.0826. The normalized spacial score (nSPS) is 10.4. The molecule has 22 heavy (non-hydrogen) atoms. The number of rotatable bonds is 9. The summed E-state index contributed by atoms with van der Waals surface area (Å²) in [7, 11) is 1.55. The van der Waals surface area contributed by atoms with Crippen LogP contribution in [-0.2, 0) is 9.59 Å². The Hall–Kier alpha value is -2.24. The van der Waals surface area contributed by atoms with Crippen molar-refractivity contribution in [3.05, 3.63) is 24.3 Å². The van der Waals surface area contributed by atoms with Crippen LogP contribution in [0.1, 0.15) is 20.3 Å². The van der Waals surface area contributed by atoms with E-state index in [0.717, 1.165) is 0 Å². The Balaban J connectivity index is 2.45. The Kier molecular flexibility index (Phi) is 7.22. The second-order valence-corrected chi connectivity index (χ2v) is 5.43. The molecule has 1 aromatic rings. The molecule has 0 unspecified atom stereocenters. The summed E-state index contributed by atoms with van der Waals surface area (Å²) in [5.74, 6) is 0.457. The lowest BCUT2D eigenvalue weighted by atomic mass is 10.2. The van der Waals surface area contributed by atoms with E-state index >= 15 is 0 Å². The Labute approximate surface area is 130 Å². The quantitative estimate of drug-likeness (QED) is 0.755. The predicted octanol–water partition coefficient (Wildman–Crippen LogP) is 2.03. The summed E-state index contributed by atoms with van der Waals surface area (Å²) in [5, 5.41) is 8.59. The minimum atomic E-state index is -0.935. The molecule has 6 nitrogen and oxygen atoms in total. The van der Waals surface area contributed by atoms with Gasteiger partial charge in [0.15, 0.2) is 6.61 Å². The highest BCUT2D eigenvalue weighted by molar-refractivity contribution is 5.78. The molecule has 0 atom stereocenters. The van der Waals surface area contributed by atoms with Crippen molar-refractivity contribution in [2.24, 2.45) is 5.92 Å². The molecule has 0 fully saturated rings. The third-order valence-corrected chi connectivity index (χ3v) is 2.84. The molecule has 0 aromatic heterocycles. The minimum Gasteiger partial charge on any atom is -0.493 e. The van der Waals surface area contributed by atoms with Gasteiger partial charge in [0, 0.05) is 19.7 Å². The van der Waals surface area contributed by atoms with Gasteiger partial charge >= 0.3 is 5.97 Å². The van der Waals surface area contributed by atoms with Crippen molar-refractivity contribution >= 4 is 11.9 Å². The van der Waals surface area contributed by atoms with Crippen molar-refractivity contribution in [1.29, 1.82) is 0 Å². The van der Waals surface area contributed by atoms with Crippen LogP contribution < -0.4 is 9.47 Å². The highest BCUT2D eigenvalue weighted by Gasteiger charge is 2.11. The van der Waals surface area contributed by atoms with Gasteiger partial charge < -0.3 is 19.5 Å². The van der Waals surface area contributed by atoms with E-state index in [2.05, 4.69) is 13.8 Å². The van der Waals surface area contributed by atoms with Gasteiger partial charge in [0.25, 0.3) is 5.91 Å². The molecule has 1 rings (SSSR count). The summed E-state index contributed by atoms with van der Waals surface area (Å²) >= 11 is 0. The predicted molar refractivity (Wildman–Crippen MR) is 82.2 cm³/mol. The Morgan fingerprint density at radius 2 is 1.86 bits per heavy atom. The van der Waals surface area contributed by atoms with Crippen molar-refractivity contribution in [2.45, 2.75) is 20.3 Å². The zero-order valence-electron chi connectivity index (χ0n) is 13.2. The molecule has 1 N–H and O–H groups in total. The first kappa shape index (κ1) is 17.8. The lowest BCUT2D eigenvalue weighted by Gasteiger charge is -2.16. The molecular weight excluding hydrogens is 286 g/mol. The maximum Gasteiger partial charge on any atom is 0.305 e. The monoisotopic (exact) mass is 309 g/mol. The van der Waals surface area contributed by atoms with Crippen LogP contribution in [0.3, 0.4) is 0 Å². The number of ether oxygens (including phenoxy) is 2. The molecule has 0 saturated carbocycles. The molecule has 122 valence electrons. The fraction of sp³-hybridized carbons (Fsp3) is 0.500. The van der Waals surface area contributed by atoms with Gasteiger partial charge in [-0.05, 0) is 18.1 Å². The maximum absolute atomic E-state index is 11.8. The molecule has 0 radical (unpaired) electrons. The van der Waals surface area contributed by atoms with E-state index in [1.807, 2.05) is 6.07 Å². The highest BCUT2D eigenvalue weighted by Crippen LogP contribution is 2.20. The summed E-state index contributed by atoms with van der Waals surface area (Å²) in [6, 6.07) is 7.10. The van der Waals surface area contributed by atoms with Crippen LogP contribution in [0.25, 0.3) is 0 Å². The third-order valence-electron chi connectivity index (χ3n) is 2.84. The van der Waals surface area contributed by atoms with Crippen molar-refractivity contribution in [3.8, 4) is 11.5 Å². The number of likely N-dealkylation sites (N-methyl/N-ethyl adjacent to an activating group) is 1. The first-order chi connectivity index (χ1) is 10.4. The topological polar surface area (TPSA) is 76.1 Å². The number of aliphatic carboxylic acids is 1. The van der Waals surface area contributed by atoms with Crippen molar-refractivity contribution in [1.82, 2.24) is 4.90 Å². The fourth-order valence-corrected chi connectivity index (χ4v) is 1.56. The lowest BCUT2D eigenvalue weighted by Crippen LogP contribution is -2.33. The van der Waals surface area contributed by atoms with Crippen LogP contribution in [-0.4, -0.2) is 48.7 Å². The lowest BCUT2D eigenvalue weighted by molar-refractivity contribution is -0.138. The van der Waals surface area contributed by atoms with Crippen LogP contribution >= 0.6 is 0 Å². The first-order valence-electron chi connectivity index (χ1n) is 7.20. The average molecular weight is 309 g/mol. The van der Waals surface area contributed by atoms with Gasteiger partial charge in [0.05, 0.1) is 13.0 Å². The molecule has 0 spiro atoms. The number of nitrogens with zero attached hydrogens (tertiary/aromatic N) is 1. The van der Waals surface area contributed by atoms with Gasteiger partial charge in [-0.15, -0.1) is 0 Å². The van der Waals surface area contributed by atoms with E-state index in [4.69, 9.17) is 14.6 Å². The van der Waals surface area contributed by atoms with Crippen LogP contribution in [0.15, 0.2) is 24.3 Å². The Bertz CT molecular complexity index is 501. The SMILES string of the molecule is CC(C)COc1cccc(OCC(=O)N(C)CCC(=O)O)c1. The van der Waals surface area contributed by atoms with Gasteiger partial charge in [0.1, 0.15) is 11.5 Å². The standard InChI is InChI=1S/C16H23NO5/c1-12(2)10-21-13-5-4-6-14(9-13)22-11-15(18)17(3)8-7-16(19)20/h4-6,9,12H,7-8,10-11H2,1-3H3,(H,19,20). The van der Waals surface area contributed by atoms with Crippen LogP contribution in [0.4, 0.5) is 0 Å². The fourth-order valence-electron chi connectivity index (χ4n) is 1.56. The van der Waals surface area contributed by atoms with Gasteiger partial charge in [-0.3, -0.25) is 9.59 Å². The minimum absolute atomic E-state index is 0.0826. The van der Waals surface area contributed by atoms with Crippen molar-refractivity contribution < 1.29 is 24.2 Å². The average Bonchev–Trinajstić information content (AvgIpc) is 2.48. The molecule has 6 heteroatoms. The molecule has 0 aliphatic heterocycles. The van der Waals surface area contributed by atoms with Gasteiger partial charge in [-0.2, -0.15) is 0 Å². The van der Waals surface area contributed by atoms with E-state index in [1.54, 1.807) is 25.2 Å². The van der Waals surface area contributed by atoms with Crippen molar-refractivity contribution in [2.75, 3.05) is 26.8 Å². The zero-order chi connectivity index (χ0) is 16.5. The second kappa shape index (κ2) is 8.92. The van der Waals surface area contributed by atoms with E-state index < -0.39 is 5.97 Å². The Morgan fingerprint density at radius 1 is 1.23 bits per heavy atom. The van der Waals surface area contributed by atoms with Gasteiger partial charge in [-0.25, -0.2) is 0 Å². The molecule has 0 aliphatic rings. The van der Waals surface area contributed by atoms with Crippen molar-refractivity contribution in [3.63, 3.8) is 0 Å². The molecule has 0 bridgehead atoms. The van der Waals surface area contributed by atoms with E-state index in [1.165, 1.54) is 4.90 Å². The smallest absolute Gasteiger partial charge is 0.305 e. The molecule has 1 aromatic carbocycles. The van der Waals surface area contributed by atoms with Gasteiger partial charge in [-0.1, -0.05) is 19.9 Å². The highest BCUT2D eigenvalue weighted by atomic mass is 16.5.